The summed E-state index contributed by atoms with van der Waals surface area (Å²) in [6, 6.07) is 0. The van der Waals surface area contributed by atoms with Crippen LogP contribution in [0, 0.1) is 35.5 Å². The predicted octanol–water partition coefficient (Wildman–Crippen LogP) is 5.23. The Labute approximate surface area is 319 Å². The highest BCUT2D eigenvalue weighted by Crippen LogP contribution is 2.42. The minimum absolute atomic E-state index is 0.0211. The highest BCUT2D eigenvalue weighted by Gasteiger charge is 2.53. The molecule has 1 fully saturated rings. The second-order valence-electron chi connectivity index (χ2n) is 15.7. The Kier molecular flexibility index (Phi) is 15.9. The fourth-order valence-electron chi connectivity index (χ4n) is 7.53. The van der Waals surface area contributed by atoms with Crippen LogP contribution in [0.2, 0.25) is 0 Å². The zero-order chi connectivity index (χ0) is 40.7. The third-order valence-corrected chi connectivity index (χ3v) is 10.8. The van der Waals surface area contributed by atoms with Crippen LogP contribution in [-0.4, -0.2) is 88.7 Å². The Hall–Kier alpha value is -3.68. The van der Waals surface area contributed by atoms with E-state index in [0.29, 0.717) is 12.0 Å². The standard InChI is InChI=1S/C42H60O12/c1-22(2)38-28(8)33(51-34(43)16-15-31-20-35(44)52-41(31)48)21-42(49,54-38)30(10)37(46)29(9)39-32(50-11)14-12-13-23(3)17-25(5)36(45)26(6)18-24(4)19-27(7)40(47)53-39/h12-16,18-20,22,25-26,28-30,32-33,36-39,45-46,49H,17,21H2,1-11H3/b14-12+,16-15+,23-13+,24-18+,27-19+. The molecule has 12 heteroatoms. The van der Waals surface area contributed by atoms with E-state index >= 15 is 0 Å². The maximum atomic E-state index is 13.6. The average Bonchev–Trinajstić information content (AvgIpc) is 3.43. The Bertz CT molecular complexity index is 1570. The molecule has 3 aliphatic heterocycles. The number of hydrogen-bond donors (Lipinski definition) is 3. The smallest absolute Gasteiger partial charge is 0.346 e. The molecule has 1 saturated heterocycles. The van der Waals surface area contributed by atoms with Gasteiger partial charge in [0.2, 0.25) is 0 Å². The molecule has 12 nitrogen and oxygen atoms in total. The number of methoxy groups -OCH3 is 1. The molecule has 3 aliphatic rings. The van der Waals surface area contributed by atoms with E-state index in [9.17, 15) is 34.5 Å². The van der Waals surface area contributed by atoms with Crippen LogP contribution in [0.25, 0.3) is 0 Å². The minimum atomic E-state index is -1.98. The summed E-state index contributed by atoms with van der Waals surface area (Å²) in [5.41, 5.74) is 2.03. The molecule has 0 spiro atoms. The van der Waals surface area contributed by atoms with Gasteiger partial charge in [-0.25, -0.2) is 19.2 Å². The van der Waals surface area contributed by atoms with Crippen LogP contribution < -0.4 is 0 Å². The van der Waals surface area contributed by atoms with Gasteiger partial charge in [-0.2, -0.15) is 0 Å². The molecule has 0 aromatic carbocycles. The van der Waals surface area contributed by atoms with Gasteiger partial charge in [0.25, 0.3) is 0 Å². The minimum Gasteiger partial charge on any atom is -0.459 e. The summed E-state index contributed by atoms with van der Waals surface area (Å²) in [7, 11) is 1.48. The van der Waals surface area contributed by atoms with E-state index in [1.807, 2.05) is 60.6 Å². The predicted molar refractivity (Wildman–Crippen MR) is 201 cm³/mol. The van der Waals surface area contributed by atoms with E-state index in [4.69, 9.17) is 18.9 Å². The Balaban J connectivity index is 1.94. The lowest BCUT2D eigenvalue weighted by Gasteiger charge is -2.50. The zero-order valence-corrected chi connectivity index (χ0v) is 33.5. The van der Waals surface area contributed by atoms with Gasteiger partial charge in [0.15, 0.2) is 5.79 Å². The maximum Gasteiger partial charge on any atom is 0.346 e. The van der Waals surface area contributed by atoms with Crippen LogP contribution in [0.3, 0.4) is 0 Å². The van der Waals surface area contributed by atoms with E-state index in [2.05, 4.69) is 4.74 Å². The topological polar surface area (TPSA) is 175 Å². The molecule has 0 bridgehead atoms. The van der Waals surface area contributed by atoms with Gasteiger partial charge in [0, 0.05) is 54.9 Å². The summed E-state index contributed by atoms with van der Waals surface area (Å²) < 4.78 is 28.5. The van der Waals surface area contributed by atoms with Crippen molar-refractivity contribution in [2.45, 2.75) is 124 Å². The lowest BCUT2D eigenvalue weighted by atomic mass is 9.76. The van der Waals surface area contributed by atoms with Crippen LogP contribution in [-0.2, 0) is 42.9 Å². The van der Waals surface area contributed by atoms with Gasteiger partial charge in [0.1, 0.15) is 18.3 Å². The summed E-state index contributed by atoms with van der Waals surface area (Å²) in [6.07, 6.45) is 7.52. The van der Waals surface area contributed by atoms with Gasteiger partial charge >= 0.3 is 23.9 Å². The molecular weight excluding hydrogens is 696 g/mol. The molecule has 12 unspecified atom stereocenters. The highest BCUT2D eigenvalue weighted by atomic mass is 16.6. The number of carbonyl (C=O) groups is 4. The average molecular weight is 757 g/mol. The quantitative estimate of drug-likeness (QED) is 0.121. The largest absolute Gasteiger partial charge is 0.459 e. The van der Waals surface area contributed by atoms with Gasteiger partial charge in [-0.3, -0.25) is 0 Å². The normalized spacial score (nSPS) is 37.1. The number of cyclic esters (lactones) is 3. The summed E-state index contributed by atoms with van der Waals surface area (Å²) in [6.45, 7) is 18.4. The van der Waals surface area contributed by atoms with E-state index in [1.165, 1.54) is 7.11 Å². The van der Waals surface area contributed by atoms with E-state index in [-0.39, 0.29) is 35.7 Å². The van der Waals surface area contributed by atoms with Crippen LogP contribution in [0.5, 0.6) is 0 Å². The summed E-state index contributed by atoms with van der Waals surface area (Å²) in [5.74, 6) is -7.57. The molecule has 0 saturated carbocycles. The van der Waals surface area contributed by atoms with Gasteiger partial charge < -0.3 is 39.0 Å². The van der Waals surface area contributed by atoms with Gasteiger partial charge in [-0.1, -0.05) is 83.9 Å². The van der Waals surface area contributed by atoms with E-state index < -0.39 is 78.1 Å². The van der Waals surface area contributed by atoms with Gasteiger partial charge in [-0.15, -0.1) is 0 Å². The van der Waals surface area contributed by atoms with Crippen molar-refractivity contribution in [2.24, 2.45) is 35.5 Å². The van der Waals surface area contributed by atoms with Crippen molar-refractivity contribution in [3.63, 3.8) is 0 Å². The number of aliphatic hydroxyl groups excluding tert-OH is 2. The summed E-state index contributed by atoms with van der Waals surface area (Å²) in [5, 5.41) is 35.1. The number of hydrogen-bond acceptors (Lipinski definition) is 12. The van der Waals surface area contributed by atoms with Crippen molar-refractivity contribution in [3.05, 3.63) is 70.9 Å². The Morgan fingerprint density at radius 2 is 1.69 bits per heavy atom. The Morgan fingerprint density at radius 3 is 2.28 bits per heavy atom. The first-order valence-corrected chi connectivity index (χ1v) is 18.8. The molecule has 0 aromatic heterocycles. The first kappa shape index (κ1) is 44.7. The third kappa shape index (κ3) is 11.4. The SMILES string of the molecule is COC1/C=C/C=C(\C)CC(C)C(O)C(C)/C=C(C)/C=C(\C)C(=O)OC1C(C)C(O)C(C)C1(O)CC(OC(=O)/C=C/C2=CC(=O)OC2=O)C(C)C(C(C)C)O1. The van der Waals surface area contributed by atoms with Crippen molar-refractivity contribution in [1.29, 1.82) is 0 Å². The van der Waals surface area contributed by atoms with Crippen LogP contribution >= 0.6 is 0 Å². The molecule has 3 rings (SSSR count). The first-order valence-electron chi connectivity index (χ1n) is 18.8. The van der Waals surface area contributed by atoms with Crippen molar-refractivity contribution >= 4 is 23.9 Å². The number of ether oxygens (including phenoxy) is 5. The molecule has 300 valence electrons. The summed E-state index contributed by atoms with van der Waals surface area (Å²) >= 11 is 0. The van der Waals surface area contributed by atoms with Gasteiger partial charge in [0.05, 0.1) is 23.9 Å². The number of allylic oxidation sites excluding steroid dienone is 5. The Morgan fingerprint density at radius 1 is 1.02 bits per heavy atom. The molecule has 3 heterocycles. The first-order chi connectivity index (χ1) is 25.2. The number of esters is 4. The molecule has 0 aliphatic carbocycles. The fourth-order valence-corrected chi connectivity index (χ4v) is 7.53. The number of rotatable bonds is 9. The van der Waals surface area contributed by atoms with E-state index in [1.54, 1.807) is 39.0 Å². The molecule has 12 atom stereocenters. The molecule has 0 aromatic rings. The molecule has 54 heavy (non-hydrogen) atoms. The third-order valence-electron chi connectivity index (χ3n) is 10.8. The molecule has 0 radical (unpaired) electrons. The fraction of sp³-hybridized carbons (Fsp3) is 0.619. The molecule has 3 N–H and O–H groups in total. The summed E-state index contributed by atoms with van der Waals surface area (Å²) in [4.78, 5) is 49.7. The van der Waals surface area contributed by atoms with Crippen molar-refractivity contribution in [3.8, 4) is 0 Å². The van der Waals surface area contributed by atoms with Crippen LogP contribution in [0.15, 0.2) is 70.9 Å². The van der Waals surface area contributed by atoms with Crippen molar-refractivity contribution < 1.29 is 58.2 Å². The van der Waals surface area contributed by atoms with Crippen molar-refractivity contribution in [1.82, 2.24) is 0 Å². The lowest BCUT2D eigenvalue weighted by molar-refractivity contribution is -0.329. The monoisotopic (exact) mass is 756 g/mol. The zero-order valence-electron chi connectivity index (χ0n) is 33.5. The highest BCUT2D eigenvalue weighted by molar-refractivity contribution is 6.11. The van der Waals surface area contributed by atoms with Crippen LogP contribution in [0.4, 0.5) is 0 Å². The maximum absolute atomic E-state index is 13.6. The molecule has 0 amide bonds. The second-order valence-corrected chi connectivity index (χ2v) is 15.7. The number of aliphatic hydroxyl groups is 3. The van der Waals surface area contributed by atoms with Crippen molar-refractivity contribution in [2.75, 3.05) is 7.11 Å². The number of carbonyl (C=O) groups excluding carboxylic acids is 4. The second kappa shape index (κ2) is 19.3. The lowest BCUT2D eigenvalue weighted by Crippen LogP contribution is -2.59. The van der Waals surface area contributed by atoms with Gasteiger partial charge in [-0.05, 0) is 51.2 Å². The molecular formula is C42H60O12. The van der Waals surface area contributed by atoms with E-state index in [0.717, 1.165) is 29.4 Å². The van der Waals surface area contributed by atoms with Crippen LogP contribution in [0.1, 0.15) is 82.1 Å².